The average molecular weight is 155 g/mol. The minimum atomic E-state index is -0.536. The Hall–Kier alpha value is -0.930. The lowest BCUT2D eigenvalue weighted by atomic mass is 10.2. The molecule has 0 amide bonds. The summed E-state index contributed by atoms with van der Waals surface area (Å²) in [6.07, 6.45) is -0.536. The van der Waals surface area contributed by atoms with Crippen LogP contribution in [-0.4, -0.2) is 7.11 Å². The first-order valence-electron chi connectivity index (χ1n) is 3.28. The zero-order valence-corrected chi connectivity index (χ0v) is 6.25. The molecule has 60 valence electrons. The molecular weight excluding hydrogens is 145 g/mol. The Balaban J connectivity index is 2.86. The van der Waals surface area contributed by atoms with Crippen molar-refractivity contribution < 1.29 is 9.13 Å². The van der Waals surface area contributed by atoms with Crippen LogP contribution < -0.4 is 5.73 Å². The minimum absolute atomic E-state index is 0.296. The summed E-state index contributed by atoms with van der Waals surface area (Å²) >= 11 is 0. The molecule has 2 nitrogen and oxygen atoms in total. The van der Waals surface area contributed by atoms with Crippen molar-refractivity contribution in [3.8, 4) is 0 Å². The summed E-state index contributed by atoms with van der Waals surface area (Å²) in [5.74, 6) is -0.296. The summed E-state index contributed by atoms with van der Waals surface area (Å²) in [7, 11) is 1.48. The Morgan fingerprint density at radius 3 is 2.82 bits per heavy atom. The molecule has 1 atom stereocenters. The summed E-state index contributed by atoms with van der Waals surface area (Å²) in [5, 5.41) is 0. The van der Waals surface area contributed by atoms with Gasteiger partial charge >= 0.3 is 0 Å². The van der Waals surface area contributed by atoms with Gasteiger partial charge in [0.1, 0.15) is 12.0 Å². The van der Waals surface area contributed by atoms with Gasteiger partial charge in [0.05, 0.1) is 0 Å². The van der Waals surface area contributed by atoms with E-state index < -0.39 is 6.23 Å². The highest BCUT2D eigenvalue weighted by Gasteiger charge is 2.03. The highest BCUT2D eigenvalue weighted by Crippen LogP contribution is 2.11. The smallest absolute Gasteiger partial charge is 0.131 e. The largest absolute Gasteiger partial charge is 0.363 e. The van der Waals surface area contributed by atoms with E-state index in [0.717, 1.165) is 0 Å². The number of methoxy groups -OCH3 is 1. The van der Waals surface area contributed by atoms with E-state index in [1.165, 1.54) is 19.2 Å². The molecule has 0 fully saturated rings. The van der Waals surface area contributed by atoms with Gasteiger partial charge in [-0.1, -0.05) is 12.1 Å². The Kier molecular flexibility index (Phi) is 2.57. The second-order valence-corrected chi connectivity index (χ2v) is 2.21. The van der Waals surface area contributed by atoms with Crippen LogP contribution in [0.3, 0.4) is 0 Å². The molecule has 0 radical (unpaired) electrons. The summed E-state index contributed by atoms with van der Waals surface area (Å²) in [5.41, 5.74) is 6.12. The minimum Gasteiger partial charge on any atom is -0.363 e. The van der Waals surface area contributed by atoms with E-state index in [4.69, 9.17) is 10.5 Å². The molecule has 1 aromatic carbocycles. The van der Waals surface area contributed by atoms with Gasteiger partial charge in [0.2, 0.25) is 0 Å². The lowest BCUT2D eigenvalue weighted by molar-refractivity contribution is 0.109. The molecule has 0 heterocycles. The molecule has 2 N–H and O–H groups in total. The van der Waals surface area contributed by atoms with Crippen LogP contribution in [0.2, 0.25) is 0 Å². The van der Waals surface area contributed by atoms with Crippen LogP contribution in [0.4, 0.5) is 4.39 Å². The van der Waals surface area contributed by atoms with Gasteiger partial charge < -0.3 is 10.5 Å². The third-order valence-corrected chi connectivity index (χ3v) is 1.43. The summed E-state index contributed by atoms with van der Waals surface area (Å²) in [6, 6.07) is 6.04. The van der Waals surface area contributed by atoms with E-state index in [9.17, 15) is 4.39 Å². The fourth-order valence-electron chi connectivity index (χ4n) is 0.820. The van der Waals surface area contributed by atoms with Gasteiger partial charge in [0, 0.05) is 7.11 Å². The van der Waals surface area contributed by atoms with E-state index in [0.29, 0.717) is 5.56 Å². The topological polar surface area (TPSA) is 35.2 Å². The predicted octanol–water partition coefficient (Wildman–Crippen LogP) is 1.43. The molecule has 1 aromatic rings. The van der Waals surface area contributed by atoms with Crippen molar-refractivity contribution in [3.05, 3.63) is 35.6 Å². The van der Waals surface area contributed by atoms with Crippen molar-refractivity contribution in [2.45, 2.75) is 6.23 Å². The Labute approximate surface area is 64.8 Å². The quantitative estimate of drug-likeness (QED) is 0.656. The Bertz CT molecular complexity index is 239. The molecule has 0 aliphatic rings. The molecule has 1 rings (SSSR count). The summed E-state index contributed by atoms with van der Waals surface area (Å²) in [6.45, 7) is 0. The van der Waals surface area contributed by atoms with Crippen molar-refractivity contribution in [1.29, 1.82) is 0 Å². The second kappa shape index (κ2) is 3.46. The van der Waals surface area contributed by atoms with Gasteiger partial charge in [-0.05, 0) is 17.7 Å². The number of hydrogen-bond donors (Lipinski definition) is 1. The third-order valence-electron chi connectivity index (χ3n) is 1.43. The second-order valence-electron chi connectivity index (χ2n) is 2.21. The number of ether oxygens (including phenoxy) is 1. The molecule has 11 heavy (non-hydrogen) atoms. The number of benzene rings is 1. The summed E-state index contributed by atoms with van der Waals surface area (Å²) in [4.78, 5) is 0. The van der Waals surface area contributed by atoms with Gasteiger partial charge in [-0.2, -0.15) is 0 Å². The normalized spacial score (nSPS) is 13.0. The van der Waals surface area contributed by atoms with E-state index in [2.05, 4.69) is 0 Å². The lowest BCUT2D eigenvalue weighted by Gasteiger charge is -2.08. The van der Waals surface area contributed by atoms with Crippen LogP contribution in [0.5, 0.6) is 0 Å². The fraction of sp³-hybridized carbons (Fsp3) is 0.250. The lowest BCUT2D eigenvalue weighted by Crippen LogP contribution is -2.11. The highest BCUT2D eigenvalue weighted by molar-refractivity contribution is 5.17. The molecule has 0 saturated heterocycles. The van der Waals surface area contributed by atoms with Crippen molar-refractivity contribution in [2.24, 2.45) is 5.73 Å². The first kappa shape index (κ1) is 8.17. The maximum Gasteiger partial charge on any atom is 0.131 e. The van der Waals surface area contributed by atoms with Crippen molar-refractivity contribution in [1.82, 2.24) is 0 Å². The zero-order valence-electron chi connectivity index (χ0n) is 6.25. The maximum atomic E-state index is 12.6. The molecule has 0 spiro atoms. The van der Waals surface area contributed by atoms with Crippen LogP contribution >= 0.6 is 0 Å². The number of nitrogens with two attached hydrogens (primary N) is 1. The van der Waals surface area contributed by atoms with Gasteiger partial charge in [-0.3, -0.25) is 0 Å². The van der Waals surface area contributed by atoms with E-state index in [1.54, 1.807) is 12.1 Å². The number of halogens is 1. The van der Waals surface area contributed by atoms with E-state index in [-0.39, 0.29) is 5.82 Å². The van der Waals surface area contributed by atoms with Crippen LogP contribution in [0.1, 0.15) is 11.8 Å². The van der Waals surface area contributed by atoms with Crippen molar-refractivity contribution in [3.63, 3.8) is 0 Å². The maximum absolute atomic E-state index is 12.6. The van der Waals surface area contributed by atoms with Gasteiger partial charge in [-0.15, -0.1) is 0 Å². The number of rotatable bonds is 2. The molecular formula is C8H10FNO. The summed E-state index contributed by atoms with van der Waals surface area (Å²) < 4.78 is 17.4. The molecule has 0 saturated carbocycles. The van der Waals surface area contributed by atoms with E-state index in [1.807, 2.05) is 0 Å². The van der Waals surface area contributed by atoms with Gasteiger partial charge in [0.25, 0.3) is 0 Å². The van der Waals surface area contributed by atoms with Crippen LogP contribution in [0, 0.1) is 5.82 Å². The monoisotopic (exact) mass is 155 g/mol. The van der Waals surface area contributed by atoms with Gasteiger partial charge in [-0.25, -0.2) is 4.39 Å². The molecule has 0 aromatic heterocycles. The molecule has 0 aliphatic carbocycles. The fourth-order valence-corrected chi connectivity index (χ4v) is 0.820. The first-order valence-corrected chi connectivity index (χ1v) is 3.28. The molecule has 0 aliphatic heterocycles. The third kappa shape index (κ3) is 2.00. The predicted molar refractivity (Wildman–Crippen MR) is 40.3 cm³/mol. The molecule has 0 bridgehead atoms. The Morgan fingerprint density at radius 2 is 2.27 bits per heavy atom. The standard InChI is InChI=1S/C8H10FNO/c1-11-8(10)6-3-2-4-7(9)5-6/h2-5,8H,10H2,1H3. The van der Waals surface area contributed by atoms with Crippen LogP contribution in [0.25, 0.3) is 0 Å². The highest BCUT2D eigenvalue weighted by atomic mass is 19.1. The van der Waals surface area contributed by atoms with E-state index >= 15 is 0 Å². The van der Waals surface area contributed by atoms with Crippen molar-refractivity contribution in [2.75, 3.05) is 7.11 Å². The van der Waals surface area contributed by atoms with Crippen LogP contribution in [-0.2, 0) is 4.74 Å². The molecule has 3 heteroatoms. The van der Waals surface area contributed by atoms with Crippen molar-refractivity contribution >= 4 is 0 Å². The van der Waals surface area contributed by atoms with Crippen LogP contribution in [0.15, 0.2) is 24.3 Å². The average Bonchev–Trinajstić information content (AvgIpc) is 2.03. The van der Waals surface area contributed by atoms with Gasteiger partial charge in [0.15, 0.2) is 0 Å². The zero-order chi connectivity index (χ0) is 8.27. The number of hydrogen-bond acceptors (Lipinski definition) is 2. The molecule has 1 unspecified atom stereocenters. The SMILES string of the molecule is COC(N)c1cccc(F)c1. The Morgan fingerprint density at radius 1 is 1.55 bits per heavy atom. The first-order chi connectivity index (χ1) is 5.24.